The highest BCUT2D eigenvalue weighted by atomic mass is 16.6. The highest BCUT2D eigenvalue weighted by molar-refractivity contribution is 5.73. The summed E-state index contributed by atoms with van der Waals surface area (Å²) in [6.45, 7) is 2.10. The Morgan fingerprint density at radius 3 is 2.74 bits per heavy atom. The van der Waals surface area contributed by atoms with Crippen LogP contribution in [0, 0.1) is 0 Å². The van der Waals surface area contributed by atoms with E-state index in [0.29, 0.717) is 6.54 Å². The van der Waals surface area contributed by atoms with Crippen molar-refractivity contribution >= 4 is 17.0 Å². The predicted molar refractivity (Wildman–Crippen MR) is 95.4 cm³/mol. The zero-order valence-corrected chi connectivity index (χ0v) is 14.8. The molecule has 3 rings (SSSR count). The molecular weight excluding hydrogens is 358 g/mol. The molecule has 4 unspecified atom stereocenters. The van der Waals surface area contributed by atoms with Gasteiger partial charge in [-0.15, -0.1) is 0 Å². The maximum absolute atomic E-state index is 12.6. The summed E-state index contributed by atoms with van der Waals surface area (Å²) in [5, 5.41) is 32.2. The minimum atomic E-state index is -1.40. The molecule has 0 amide bonds. The Morgan fingerprint density at radius 2 is 2.07 bits per heavy atom. The molecule has 1 saturated heterocycles. The number of rotatable bonds is 7. The molecule has 11 heteroatoms. The number of nitrogens with zero attached hydrogens (tertiary/aromatic N) is 3. The number of anilines is 1. The van der Waals surface area contributed by atoms with Crippen molar-refractivity contribution in [2.24, 2.45) is 0 Å². The second-order valence-electron chi connectivity index (χ2n) is 6.43. The molecule has 4 atom stereocenters. The first-order valence-corrected chi connectivity index (χ1v) is 8.85. The number of fused-ring (bicyclic) bond motifs is 1. The first-order chi connectivity index (χ1) is 13.0. The Balaban J connectivity index is 2.00. The first kappa shape index (κ1) is 19.4. The number of aliphatic hydroxyl groups is 3. The highest BCUT2D eigenvalue weighted by Crippen LogP contribution is 2.30. The molecule has 2 aromatic heterocycles. The largest absolute Gasteiger partial charge is 0.394 e. The summed E-state index contributed by atoms with van der Waals surface area (Å²) < 4.78 is 6.59. The van der Waals surface area contributed by atoms with E-state index in [1.54, 1.807) is 0 Å². The minimum Gasteiger partial charge on any atom is -0.394 e. The molecule has 0 bridgehead atoms. The monoisotopic (exact) mass is 381 g/mol. The van der Waals surface area contributed by atoms with Crippen molar-refractivity contribution in [2.75, 3.05) is 18.5 Å². The topological polar surface area (TPSA) is 163 Å². The van der Waals surface area contributed by atoms with E-state index in [-0.39, 0.29) is 17.0 Å². The molecule has 3 heterocycles. The van der Waals surface area contributed by atoms with Crippen LogP contribution < -0.4 is 16.4 Å². The Morgan fingerprint density at radius 1 is 1.30 bits per heavy atom. The summed E-state index contributed by atoms with van der Waals surface area (Å²) in [5.74, 6) is 0.0341. The van der Waals surface area contributed by atoms with Gasteiger partial charge in [-0.3, -0.25) is 19.1 Å². The number of aliphatic hydroxyl groups excluding tert-OH is 3. The Bertz CT molecular complexity index is 912. The normalized spacial score (nSPS) is 25.2. The van der Waals surface area contributed by atoms with Crippen molar-refractivity contribution in [3.05, 3.63) is 27.0 Å². The van der Waals surface area contributed by atoms with Crippen LogP contribution in [-0.4, -0.2) is 66.3 Å². The van der Waals surface area contributed by atoms with Crippen molar-refractivity contribution in [3.8, 4) is 0 Å². The van der Waals surface area contributed by atoms with Gasteiger partial charge in [0.2, 0.25) is 5.95 Å². The quantitative estimate of drug-likeness (QED) is 0.367. The van der Waals surface area contributed by atoms with E-state index in [4.69, 9.17) is 4.74 Å². The summed E-state index contributed by atoms with van der Waals surface area (Å²) in [5.41, 5.74) is -1.68. The fourth-order valence-electron chi connectivity index (χ4n) is 3.06. The second kappa shape index (κ2) is 8.13. The van der Waals surface area contributed by atoms with Gasteiger partial charge < -0.3 is 25.4 Å². The van der Waals surface area contributed by atoms with Crippen molar-refractivity contribution in [3.63, 3.8) is 0 Å². The molecule has 1 aliphatic heterocycles. The van der Waals surface area contributed by atoms with Crippen LogP contribution in [0.15, 0.2) is 15.9 Å². The summed E-state index contributed by atoms with van der Waals surface area (Å²) in [4.78, 5) is 35.3. The summed E-state index contributed by atoms with van der Waals surface area (Å²) in [6.07, 6.45) is -0.875. The second-order valence-corrected chi connectivity index (χ2v) is 6.43. The highest BCUT2D eigenvalue weighted by Gasteiger charge is 2.44. The third-order valence-electron chi connectivity index (χ3n) is 4.52. The van der Waals surface area contributed by atoms with E-state index in [2.05, 4.69) is 27.2 Å². The number of nitrogens with one attached hydrogen (secondary N) is 2. The smallest absolute Gasteiger partial charge is 0.301 e. The molecule has 0 aliphatic carbocycles. The number of H-pyrrole nitrogens is 1. The molecule has 0 saturated carbocycles. The first-order valence-electron chi connectivity index (χ1n) is 8.85. The van der Waals surface area contributed by atoms with Crippen LogP contribution in [0.2, 0.25) is 0 Å². The van der Waals surface area contributed by atoms with Crippen molar-refractivity contribution in [1.82, 2.24) is 19.5 Å². The number of ether oxygens (including phenoxy) is 1. The number of imidazole rings is 1. The third kappa shape index (κ3) is 3.72. The van der Waals surface area contributed by atoms with Gasteiger partial charge in [0.15, 0.2) is 11.7 Å². The Kier molecular flexibility index (Phi) is 5.85. The molecule has 1 aliphatic rings. The van der Waals surface area contributed by atoms with E-state index in [0.717, 1.165) is 25.6 Å². The van der Waals surface area contributed by atoms with Crippen LogP contribution in [0.25, 0.3) is 11.0 Å². The van der Waals surface area contributed by atoms with Gasteiger partial charge in [0, 0.05) is 6.54 Å². The van der Waals surface area contributed by atoms with Crippen molar-refractivity contribution in [2.45, 2.75) is 50.7 Å². The van der Waals surface area contributed by atoms with Gasteiger partial charge in [-0.05, 0) is 6.42 Å². The zero-order valence-electron chi connectivity index (χ0n) is 14.8. The summed E-state index contributed by atoms with van der Waals surface area (Å²) in [7, 11) is 0. The Labute approximate surface area is 153 Å². The van der Waals surface area contributed by atoms with Gasteiger partial charge >= 0.3 is 5.56 Å². The van der Waals surface area contributed by atoms with Gasteiger partial charge in [0.05, 0.1) is 12.9 Å². The van der Waals surface area contributed by atoms with E-state index in [1.165, 1.54) is 4.57 Å². The van der Waals surface area contributed by atoms with E-state index < -0.39 is 42.3 Å². The number of aromatic amines is 1. The number of hydrogen-bond acceptors (Lipinski definition) is 9. The molecule has 0 radical (unpaired) electrons. The van der Waals surface area contributed by atoms with E-state index in [1.807, 2.05) is 0 Å². The lowest BCUT2D eigenvalue weighted by Crippen LogP contribution is -2.33. The maximum Gasteiger partial charge on any atom is 0.301 e. The van der Waals surface area contributed by atoms with Crippen LogP contribution in [0.1, 0.15) is 32.4 Å². The minimum absolute atomic E-state index is 0.0341. The van der Waals surface area contributed by atoms with Gasteiger partial charge in [-0.1, -0.05) is 19.8 Å². The summed E-state index contributed by atoms with van der Waals surface area (Å²) >= 11 is 0. The lowest BCUT2D eigenvalue weighted by Gasteiger charge is -2.16. The fourth-order valence-corrected chi connectivity index (χ4v) is 3.06. The maximum atomic E-state index is 12.6. The number of hydrogen-bond donors (Lipinski definition) is 5. The van der Waals surface area contributed by atoms with Gasteiger partial charge in [-0.2, -0.15) is 4.98 Å². The molecule has 1 fully saturated rings. The average Bonchev–Trinajstić information content (AvgIpc) is 3.17. The zero-order chi connectivity index (χ0) is 19.6. The van der Waals surface area contributed by atoms with Crippen molar-refractivity contribution in [1.29, 1.82) is 0 Å². The van der Waals surface area contributed by atoms with Gasteiger partial charge in [-0.25, -0.2) is 4.98 Å². The molecule has 0 aromatic carbocycles. The Hall–Kier alpha value is -2.34. The predicted octanol–water partition coefficient (Wildman–Crippen LogP) is -1.31. The lowest BCUT2D eigenvalue weighted by molar-refractivity contribution is -0.0509. The molecular formula is C16H23N5O6. The van der Waals surface area contributed by atoms with E-state index in [9.17, 15) is 24.9 Å². The van der Waals surface area contributed by atoms with Crippen LogP contribution in [-0.2, 0) is 4.74 Å². The average molecular weight is 381 g/mol. The number of unbranched alkanes of at least 4 members (excludes halogenated alkanes) is 2. The fraction of sp³-hybridized carbons (Fsp3) is 0.625. The molecule has 0 spiro atoms. The standard InChI is InChI=1S/C16H23N5O6/c1-2-3-4-5-17-16-19-13(25)9-10(14(26)20-16)21(7-18-9)15-12(24)11(23)8(6-22)27-15/h7-8,11-12,15,22-24H,2-6H2,1H3,(H2,17,19,20,25,26). The SMILES string of the molecule is CCCCCNc1nc(=O)c2ncn(C3OC(CO)C(O)C3O)c2c(=O)[nH]1. The molecule has 27 heavy (non-hydrogen) atoms. The van der Waals surface area contributed by atoms with Crippen molar-refractivity contribution < 1.29 is 20.1 Å². The van der Waals surface area contributed by atoms with Crippen LogP contribution in [0.4, 0.5) is 5.95 Å². The third-order valence-corrected chi connectivity index (χ3v) is 4.52. The number of aromatic nitrogens is 4. The van der Waals surface area contributed by atoms with Crippen LogP contribution in [0.5, 0.6) is 0 Å². The lowest BCUT2D eigenvalue weighted by atomic mass is 10.1. The van der Waals surface area contributed by atoms with Gasteiger partial charge in [0.25, 0.3) is 5.56 Å². The molecule has 2 aromatic rings. The van der Waals surface area contributed by atoms with Crippen LogP contribution in [0.3, 0.4) is 0 Å². The summed E-state index contributed by atoms with van der Waals surface area (Å²) in [6, 6.07) is 0. The molecule has 148 valence electrons. The van der Waals surface area contributed by atoms with E-state index >= 15 is 0 Å². The van der Waals surface area contributed by atoms with Gasteiger partial charge in [0.1, 0.15) is 23.8 Å². The molecule has 5 N–H and O–H groups in total. The van der Waals surface area contributed by atoms with Crippen LogP contribution >= 0.6 is 0 Å². The molecule has 11 nitrogen and oxygen atoms in total.